The number of nitrogens with zero attached hydrogens (tertiary/aromatic N) is 1. The zero-order chi connectivity index (χ0) is 13.2. The van der Waals surface area contributed by atoms with Gasteiger partial charge in [0.25, 0.3) is 5.91 Å². The van der Waals surface area contributed by atoms with Gasteiger partial charge in [0, 0.05) is 0 Å². The molecule has 2 aromatic carbocycles. The standard InChI is InChI=1S/C16H15NO2/c1-12-7-8-14-15(9-12)19-11-16(18)17(14)10-13-5-3-2-4-6-13/h2-9H,10-11H2,1H3. The summed E-state index contributed by atoms with van der Waals surface area (Å²) in [5.41, 5.74) is 3.10. The number of hydrogen-bond donors (Lipinski definition) is 0. The molecule has 2 aromatic rings. The molecule has 1 aliphatic rings. The summed E-state index contributed by atoms with van der Waals surface area (Å²) in [6.07, 6.45) is 0. The number of amides is 1. The number of carbonyl (C=O) groups excluding carboxylic acids is 1. The van der Waals surface area contributed by atoms with Crippen molar-refractivity contribution < 1.29 is 9.53 Å². The minimum atomic E-state index is 0.000191. The van der Waals surface area contributed by atoms with E-state index in [1.807, 2.05) is 55.5 Å². The molecule has 96 valence electrons. The van der Waals surface area contributed by atoms with E-state index < -0.39 is 0 Å². The SMILES string of the molecule is Cc1ccc2c(c1)OCC(=O)N2Cc1ccccc1. The van der Waals surface area contributed by atoms with Crippen molar-refractivity contribution in [3.63, 3.8) is 0 Å². The summed E-state index contributed by atoms with van der Waals surface area (Å²) in [7, 11) is 0. The van der Waals surface area contributed by atoms with E-state index in [0.29, 0.717) is 6.54 Å². The fourth-order valence-electron chi connectivity index (χ4n) is 2.25. The smallest absolute Gasteiger partial charge is 0.265 e. The van der Waals surface area contributed by atoms with Crippen LogP contribution < -0.4 is 9.64 Å². The maximum atomic E-state index is 12.0. The molecule has 19 heavy (non-hydrogen) atoms. The molecule has 0 saturated heterocycles. The summed E-state index contributed by atoms with van der Waals surface area (Å²) in [6, 6.07) is 15.9. The van der Waals surface area contributed by atoms with Gasteiger partial charge in [0.1, 0.15) is 5.75 Å². The lowest BCUT2D eigenvalue weighted by molar-refractivity contribution is -0.121. The fourth-order valence-corrected chi connectivity index (χ4v) is 2.25. The van der Waals surface area contributed by atoms with E-state index in [0.717, 1.165) is 22.6 Å². The summed E-state index contributed by atoms with van der Waals surface area (Å²) in [5, 5.41) is 0. The molecule has 1 amide bonds. The molecule has 1 heterocycles. The Morgan fingerprint density at radius 3 is 2.74 bits per heavy atom. The first-order valence-electron chi connectivity index (χ1n) is 6.32. The van der Waals surface area contributed by atoms with Gasteiger partial charge in [-0.1, -0.05) is 36.4 Å². The molecule has 1 aliphatic heterocycles. The van der Waals surface area contributed by atoms with E-state index in [1.54, 1.807) is 4.90 Å². The molecular weight excluding hydrogens is 238 g/mol. The van der Waals surface area contributed by atoms with Crippen molar-refractivity contribution in [2.45, 2.75) is 13.5 Å². The first-order valence-corrected chi connectivity index (χ1v) is 6.32. The molecule has 0 aliphatic carbocycles. The Balaban J connectivity index is 1.95. The van der Waals surface area contributed by atoms with Crippen molar-refractivity contribution in [1.82, 2.24) is 0 Å². The first kappa shape index (κ1) is 11.8. The normalized spacial score (nSPS) is 13.9. The van der Waals surface area contributed by atoms with Gasteiger partial charge in [-0.25, -0.2) is 0 Å². The lowest BCUT2D eigenvalue weighted by atomic mass is 10.1. The number of fused-ring (bicyclic) bond motifs is 1. The van der Waals surface area contributed by atoms with Crippen LogP contribution in [-0.2, 0) is 11.3 Å². The Labute approximate surface area is 112 Å². The summed E-state index contributed by atoms with van der Waals surface area (Å²) in [6.45, 7) is 2.71. The summed E-state index contributed by atoms with van der Waals surface area (Å²) >= 11 is 0. The van der Waals surface area contributed by atoms with Crippen molar-refractivity contribution >= 4 is 11.6 Å². The van der Waals surface area contributed by atoms with Crippen LogP contribution in [0.1, 0.15) is 11.1 Å². The Bertz CT molecular complexity index is 607. The van der Waals surface area contributed by atoms with E-state index in [2.05, 4.69) is 0 Å². The van der Waals surface area contributed by atoms with Gasteiger partial charge in [0.15, 0.2) is 6.61 Å². The lowest BCUT2D eigenvalue weighted by Crippen LogP contribution is -2.38. The van der Waals surface area contributed by atoms with E-state index in [-0.39, 0.29) is 12.5 Å². The second kappa shape index (κ2) is 4.76. The number of rotatable bonds is 2. The second-order valence-corrected chi connectivity index (χ2v) is 4.73. The molecule has 0 spiro atoms. The third kappa shape index (κ3) is 2.32. The molecule has 0 atom stereocenters. The zero-order valence-electron chi connectivity index (χ0n) is 10.8. The maximum absolute atomic E-state index is 12.0. The van der Waals surface area contributed by atoms with Crippen LogP contribution in [0, 0.1) is 6.92 Å². The minimum Gasteiger partial charge on any atom is -0.482 e. The molecule has 3 nitrogen and oxygen atoms in total. The molecule has 0 unspecified atom stereocenters. The second-order valence-electron chi connectivity index (χ2n) is 4.73. The van der Waals surface area contributed by atoms with Crippen LogP contribution in [0.15, 0.2) is 48.5 Å². The van der Waals surface area contributed by atoms with Gasteiger partial charge >= 0.3 is 0 Å². The molecule has 0 saturated carbocycles. The highest BCUT2D eigenvalue weighted by Gasteiger charge is 2.25. The van der Waals surface area contributed by atoms with Crippen LogP contribution in [0.3, 0.4) is 0 Å². The highest BCUT2D eigenvalue weighted by atomic mass is 16.5. The average molecular weight is 253 g/mol. The highest BCUT2D eigenvalue weighted by molar-refractivity contribution is 5.97. The molecule has 3 heteroatoms. The predicted molar refractivity (Wildman–Crippen MR) is 74.3 cm³/mol. The van der Waals surface area contributed by atoms with Crippen molar-refractivity contribution in [3.8, 4) is 5.75 Å². The molecule has 0 fully saturated rings. The van der Waals surface area contributed by atoms with Gasteiger partial charge < -0.3 is 9.64 Å². The van der Waals surface area contributed by atoms with E-state index in [9.17, 15) is 4.79 Å². The van der Waals surface area contributed by atoms with Gasteiger partial charge in [-0.15, -0.1) is 0 Å². The van der Waals surface area contributed by atoms with Crippen molar-refractivity contribution in [1.29, 1.82) is 0 Å². The van der Waals surface area contributed by atoms with Gasteiger partial charge in [-0.05, 0) is 30.2 Å². The van der Waals surface area contributed by atoms with Gasteiger partial charge in [-0.2, -0.15) is 0 Å². The Hall–Kier alpha value is -2.29. The van der Waals surface area contributed by atoms with Crippen LogP contribution in [0.25, 0.3) is 0 Å². The van der Waals surface area contributed by atoms with Crippen molar-refractivity contribution in [3.05, 3.63) is 59.7 Å². The summed E-state index contributed by atoms with van der Waals surface area (Å²) in [5.74, 6) is 0.788. The zero-order valence-corrected chi connectivity index (χ0v) is 10.8. The minimum absolute atomic E-state index is 0.000191. The number of anilines is 1. The van der Waals surface area contributed by atoms with Crippen LogP contribution in [-0.4, -0.2) is 12.5 Å². The van der Waals surface area contributed by atoms with Crippen LogP contribution >= 0.6 is 0 Å². The fraction of sp³-hybridized carbons (Fsp3) is 0.188. The number of carbonyl (C=O) groups is 1. The molecular formula is C16H15NO2. The quantitative estimate of drug-likeness (QED) is 0.823. The molecule has 3 rings (SSSR count). The number of ether oxygens (including phenoxy) is 1. The first-order chi connectivity index (χ1) is 9.24. The molecule has 0 aromatic heterocycles. The van der Waals surface area contributed by atoms with Gasteiger partial charge in [-0.3, -0.25) is 4.79 Å². The topological polar surface area (TPSA) is 29.5 Å². The van der Waals surface area contributed by atoms with E-state index >= 15 is 0 Å². The molecule has 0 radical (unpaired) electrons. The third-order valence-corrected chi connectivity index (χ3v) is 3.24. The largest absolute Gasteiger partial charge is 0.482 e. The number of aryl methyl sites for hydroxylation is 1. The molecule has 0 bridgehead atoms. The van der Waals surface area contributed by atoms with Crippen LogP contribution in [0.5, 0.6) is 5.75 Å². The number of benzene rings is 2. The van der Waals surface area contributed by atoms with Crippen molar-refractivity contribution in [2.24, 2.45) is 0 Å². The Kier molecular flexibility index (Phi) is 2.95. The van der Waals surface area contributed by atoms with Crippen molar-refractivity contribution in [2.75, 3.05) is 11.5 Å². The van der Waals surface area contributed by atoms with Gasteiger partial charge in [0.2, 0.25) is 0 Å². The predicted octanol–water partition coefficient (Wildman–Crippen LogP) is 2.92. The van der Waals surface area contributed by atoms with E-state index in [4.69, 9.17) is 4.74 Å². The number of hydrogen-bond acceptors (Lipinski definition) is 2. The van der Waals surface area contributed by atoms with E-state index in [1.165, 1.54) is 0 Å². The maximum Gasteiger partial charge on any atom is 0.265 e. The summed E-state index contributed by atoms with van der Waals surface area (Å²) < 4.78 is 5.49. The van der Waals surface area contributed by atoms with Crippen LogP contribution in [0.2, 0.25) is 0 Å². The third-order valence-electron chi connectivity index (χ3n) is 3.24. The van der Waals surface area contributed by atoms with Crippen LogP contribution in [0.4, 0.5) is 5.69 Å². The Morgan fingerprint density at radius 2 is 1.95 bits per heavy atom. The monoisotopic (exact) mass is 253 g/mol. The summed E-state index contributed by atoms with van der Waals surface area (Å²) in [4.78, 5) is 13.8. The average Bonchev–Trinajstić information content (AvgIpc) is 2.43. The molecule has 0 N–H and O–H groups in total. The lowest BCUT2D eigenvalue weighted by Gasteiger charge is -2.29. The Morgan fingerprint density at radius 1 is 1.16 bits per heavy atom. The highest BCUT2D eigenvalue weighted by Crippen LogP contribution is 2.33. The van der Waals surface area contributed by atoms with Gasteiger partial charge in [0.05, 0.1) is 12.2 Å².